The molecule has 0 bridgehead atoms. The van der Waals surface area contributed by atoms with Crippen LogP contribution in [0.4, 0.5) is 10.1 Å². The van der Waals surface area contributed by atoms with E-state index in [1.165, 1.54) is 18.2 Å². The van der Waals surface area contributed by atoms with Crippen LogP contribution in [0.3, 0.4) is 0 Å². The molecule has 0 aliphatic heterocycles. The third-order valence-electron chi connectivity index (χ3n) is 2.27. The van der Waals surface area contributed by atoms with Crippen molar-refractivity contribution < 1.29 is 13.6 Å². The number of amides is 1. The van der Waals surface area contributed by atoms with E-state index in [4.69, 9.17) is 10.2 Å². The summed E-state index contributed by atoms with van der Waals surface area (Å²) in [5.74, 6) is -0.0235. The van der Waals surface area contributed by atoms with E-state index in [0.29, 0.717) is 15.0 Å². The van der Waals surface area contributed by atoms with Crippen LogP contribution in [-0.2, 0) is 6.54 Å². The van der Waals surface area contributed by atoms with Crippen LogP contribution < -0.4 is 11.1 Å². The first kappa shape index (κ1) is 13.0. The second kappa shape index (κ2) is 5.49. The van der Waals surface area contributed by atoms with Crippen LogP contribution in [0.15, 0.2) is 34.7 Å². The van der Waals surface area contributed by atoms with Crippen LogP contribution in [-0.4, -0.2) is 5.91 Å². The Morgan fingerprint density at radius 3 is 2.78 bits per heavy atom. The van der Waals surface area contributed by atoms with Gasteiger partial charge in [-0.1, -0.05) is 0 Å². The number of hydrogen-bond donors (Lipinski definition) is 2. The molecule has 6 heteroatoms. The molecule has 2 aromatic rings. The molecule has 0 unspecified atom stereocenters. The van der Waals surface area contributed by atoms with E-state index >= 15 is 0 Å². The molecule has 18 heavy (non-hydrogen) atoms. The molecule has 1 aromatic heterocycles. The van der Waals surface area contributed by atoms with Gasteiger partial charge < -0.3 is 15.5 Å². The quantitative estimate of drug-likeness (QED) is 0.828. The normalized spacial score (nSPS) is 10.4. The zero-order valence-electron chi connectivity index (χ0n) is 9.24. The lowest BCUT2D eigenvalue weighted by atomic mass is 10.3. The fourth-order valence-electron chi connectivity index (χ4n) is 1.38. The summed E-state index contributed by atoms with van der Waals surface area (Å²) in [6, 6.07) is 7.31. The van der Waals surface area contributed by atoms with Gasteiger partial charge >= 0.3 is 0 Å². The van der Waals surface area contributed by atoms with Crippen molar-refractivity contribution in [2.24, 2.45) is 5.73 Å². The number of benzene rings is 1. The minimum Gasteiger partial charge on any atom is -0.455 e. The first-order valence-corrected chi connectivity index (χ1v) is 6.23. The molecular weight excluding hydrogens is 350 g/mol. The highest BCUT2D eigenvalue weighted by atomic mass is 127. The average molecular weight is 360 g/mol. The van der Waals surface area contributed by atoms with Gasteiger partial charge in [0.1, 0.15) is 11.6 Å². The fourth-order valence-corrected chi connectivity index (χ4v) is 2.00. The standard InChI is InChI=1S/C12H10FIN2O2/c13-7-1-3-10(9(14)5-7)16-12(17)11-4-2-8(6-15)18-11/h1-5H,6,15H2,(H,16,17). The molecule has 1 heterocycles. The first-order valence-electron chi connectivity index (χ1n) is 5.15. The number of anilines is 1. The Morgan fingerprint density at radius 1 is 1.39 bits per heavy atom. The van der Waals surface area contributed by atoms with Crippen molar-refractivity contribution in [1.29, 1.82) is 0 Å². The molecule has 0 aliphatic carbocycles. The van der Waals surface area contributed by atoms with Crippen molar-refractivity contribution in [2.45, 2.75) is 6.54 Å². The summed E-state index contributed by atoms with van der Waals surface area (Å²) in [7, 11) is 0. The van der Waals surface area contributed by atoms with Crippen molar-refractivity contribution >= 4 is 34.2 Å². The van der Waals surface area contributed by atoms with E-state index < -0.39 is 0 Å². The number of furan rings is 1. The minimum absolute atomic E-state index is 0.176. The number of hydrogen-bond acceptors (Lipinski definition) is 3. The smallest absolute Gasteiger partial charge is 0.291 e. The van der Waals surface area contributed by atoms with Crippen LogP contribution in [0.5, 0.6) is 0 Å². The molecule has 3 N–H and O–H groups in total. The molecular formula is C12H10FIN2O2. The Kier molecular flexibility index (Phi) is 3.97. The summed E-state index contributed by atoms with van der Waals surface area (Å²) in [5, 5.41) is 2.64. The summed E-state index contributed by atoms with van der Waals surface area (Å²) >= 11 is 1.95. The largest absolute Gasteiger partial charge is 0.455 e. The van der Waals surface area contributed by atoms with Gasteiger partial charge in [-0.3, -0.25) is 4.79 Å². The summed E-state index contributed by atoms with van der Waals surface area (Å²) in [6.07, 6.45) is 0. The number of rotatable bonds is 3. The molecule has 0 radical (unpaired) electrons. The predicted octanol–water partition coefficient (Wildman–Crippen LogP) is 2.73. The molecule has 0 atom stereocenters. The maximum atomic E-state index is 12.9. The second-order valence-corrected chi connectivity index (χ2v) is 4.71. The topological polar surface area (TPSA) is 68.3 Å². The Morgan fingerprint density at radius 2 is 2.17 bits per heavy atom. The van der Waals surface area contributed by atoms with E-state index in [-0.39, 0.29) is 24.0 Å². The zero-order valence-corrected chi connectivity index (χ0v) is 11.4. The monoisotopic (exact) mass is 360 g/mol. The number of nitrogens with one attached hydrogen (secondary N) is 1. The predicted molar refractivity (Wildman–Crippen MR) is 73.7 cm³/mol. The average Bonchev–Trinajstić information content (AvgIpc) is 2.81. The molecule has 4 nitrogen and oxygen atoms in total. The summed E-state index contributed by atoms with van der Waals surface area (Å²) in [4.78, 5) is 11.8. The minimum atomic E-state index is -0.390. The lowest BCUT2D eigenvalue weighted by Gasteiger charge is -2.05. The highest BCUT2D eigenvalue weighted by Crippen LogP contribution is 2.20. The van der Waals surface area contributed by atoms with Gasteiger partial charge in [0.25, 0.3) is 5.91 Å². The van der Waals surface area contributed by atoms with Gasteiger partial charge in [0.05, 0.1) is 12.2 Å². The molecule has 0 saturated carbocycles. The van der Waals surface area contributed by atoms with Crippen LogP contribution in [0.1, 0.15) is 16.3 Å². The third-order valence-corrected chi connectivity index (χ3v) is 3.16. The van der Waals surface area contributed by atoms with Crippen molar-refractivity contribution in [3.05, 3.63) is 51.2 Å². The fraction of sp³-hybridized carbons (Fsp3) is 0.0833. The molecule has 2 rings (SSSR count). The molecule has 0 fully saturated rings. The van der Waals surface area contributed by atoms with Gasteiger partial charge in [-0.05, 0) is 52.9 Å². The molecule has 1 amide bonds. The zero-order chi connectivity index (χ0) is 13.1. The van der Waals surface area contributed by atoms with Crippen molar-refractivity contribution in [1.82, 2.24) is 0 Å². The number of carbonyl (C=O) groups is 1. The Hall–Kier alpha value is -1.41. The molecule has 0 saturated heterocycles. The van der Waals surface area contributed by atoms with Crippen LogP contribution in [0.25, 0.3) is 0 Å². The van der Waals surface area contributed by atoms with Crippen molar-refractivity contribution in [2.75, 3.05) is 5.32 Å². The van der Waals surface area contributed by atoms with Gasteiger partial charge in [0.15, 0.2) is 5.76 Å². The lowest BCUT2D eigenvalue weighted by molar-refractivity contribution is 0.0995. The molecule has 1 aromatic carbocycles. The Balaban J connectivity index is 2.16. The van der Waals surface area contributed by atoms with Gasteiger partial charge in [0.2, 0.25) is 0 Å². The van der Waals surface area contributed by atoms with Gasteiger partial charge in [-0.15, -0.1) is 0 Å². The Labute approximate surface area is 116 Å². The summed E-state index contributed by atoms with van der Waals surface area (Å²) in [5.41, 5.74) is 5.92. The lowest BCUT2D eigenvalue weighted by Crippen LogP contribution is -2.12. The summed E-state index contributed by atoms with van der Waals surface area (Å²) in [6.45, 7) is 0.237. The molecule has 0 spiro atoms. The van der Waals surface area contributed by atoms with Crippen molar-refractivity contribution in [3.8, 4) is 0 Å². The van der Waals surface area contributed by atoms with E-state index in [9.17, 15) is 9.18 Å². The highest BCUT2D eigenvalue weighted by molar-refractivity contribution is 14.1. The van der Waals surface area contributed by atoms with Crippen LogP contribution >= 0.6 is 22.6 Å². The SMILES string of the molecule is NCc1ccc(C(=O)Nc2ccc(F)cc2I)o1. The van der Waals surface area contributed by atoms with Gasteiger partial charge in [-0.25, -0.2) is 4.39 Å². The summed E-state index contributed by atoms with van der Waals surface area (Å²) < 4.78 is 18.7. The number of halogens is 2. The van der Waals surface area contributed by atoms with E-state index in [2.05, 4.69) is 5.32 Å². The highest BCUT2D eigenvalue weighted by Gasteiger charge is 2.12. The van der Waals surface area contributed by atoms with Crippen LogP contribution in [0.2, 0.25) is 0 Å². The maximum absolute atomic E-state index is 12.9. The third kappa shape index (κ3) is 2.88. The molecule has 0 aliphatic rings. The first-order chi connectivity index (χ1) is 8.60. The maximum Gasteiger partial charge on any atom is 0.291 e. The van der Waals surface area contributed by atoms with E-state index in [1.807, 2.05) is 22.6 Å². The second-order valence-electron chi connectivity index (χ2n) is 3.55. The van der Waals surface area contributed by atoms with Crippen molar-refractivity contribution in [3.63, 3.8) is 0 Å². The number of carbonyl (C=O) groups excluding carboxylic acids is 1. The number of nitrogens with two attached hydrogens (primary N) is 1. The Bertz CT molecular complexity index is 583. The molecule has 94 valence electrons. The van der Waals surface area contributed by atoms with Crippen LogP contribution in [0, 0.1) is 9.39 Å². The van der Waals surface area contributed by atoms with E-state index in [0.717, 1.165) is 0 Å². The van der Waals surface area contributed by atoms with Gasteiger partial charge in [-0.2, -0.15) is 0 Å². The van der Waals surface area contributed by atoms with Gasteiger partial charge in [0, 0.05) is 3.57 Å². The van der Waals surface area contributed by atoms with E-state index in [1.54, 1.807) is 12.1 Å².